The van der Waals surface area contributed by atoms with Crippen LogP contribution in [0.2, 0.25) is 0 Å². The number of nitrogens with zero attached hydrogens (tertiary/aromatic N) is 1. The number of carbonyl (C=O) groups excluding carboxylic acids is 2. The second-order valence-corrected chi connectivity index (χ2v) is 9.35. The third kappa shape index (κ3) is 4.43. The summed E-state index contributed by atoms with van der Waals surface area (Å²) in [5, 5.41) is 3.13. The number of hydrogen-bond donors (Lipinski definition) is 1. The summed E-state index contributed by atoms with van der Waals surface area (Å²) < 4.78 is 23.4. The standard InChI is InChI=1S/C24H32N2O6/c27-22-15-29-16-24(25-22)9-2-10-26-21(24)14-32-19-7-5-17(6-8-19)18-3-1-4-20(13-18)30-11-12-31-23(26)28/h1,3-4,13,17,19,21H,2,5-12,14-16H2,(H,25,27)/t17-,19+,21-,24+/m0/s1. The number of nitrogens with one attached hydrogen (secondary N) is 1. The van der Waals surface area contributed by atoms with Crippen LogP contribution in [0.3, 0.4) is 0 Å². The van der Waals surface area contributed by atoms with Crippen molar-refractivity contribution in [2.45, 2.75) is 62.1 Å². The van der Waals surface area contributed by atoms with Gasteiger partial charge in [0.25, 0.3) is 0 Å². The number of ether oxygens (including phenoxy) is 4. The number of hydrogen-bond acceptors (Lipinski definition) is 6. The second kappa shape index (κ2) is 9.27. The molecule has 1 spiro atoms. The molecule has 4 bridgehead atoms. The largest absolute Gasteiger partial charge is 0.490 e. The van der Waals surface area contributed by atoms with E-state index in [2.05, 4.69) is 17.4 Å². The minimum absolute atomic E-state index is 0.0568. The van der Waals surface area contributed by atoms with E-state index in [0.29, 0.717) is 32.3 Å². The molecule has 0 unspecified atom stereocenters. The normalized spacial score (nSPS) is 33.8. The molecule has 2 amide bonds. The fourth-order valence-corrected chi connectivity index (χ4v) is 5.66. The zero-order chi connectivity index (χ0) is 22.0. The van der Waals surface area contributed by atoms with Crippen LogP contribution in [0.5, 0.6) is 5.75 Å². The van der Waals surface area contributed by atoms with E-state index < -0.39 is 11.6 Å². The average Bonchev–Trinajstić information content (AvgIpc) is 2.81. The molecule has 4 aliphatic heterocycles. The highest BCUT2D eigenvalue weighted by Crippen LogP contribution is 2.37. The van der Waals surface area contributed by atoms with Gasteiger partial charge in [-0.05, 0) is 62.1 Å². The molecule has 174 valence electrons. The quantitative estimate of drug-likeness (QED) is 0.662. The first kappa shape index (κ1) is 21.5. The van der Waals surface area contributed by atoms with Crippen molar-refractivity contribution < 1.29 is 28.5 Å². The lowest BCUT2D eigenvalue weighted by Crippen LogP contribution is -2.72. The van der Waals surface area contributed by atoms with E-state index in [0.717, 1.165) is 44.3 Å². The highest BCUT2D eigenvalue weighted by molar-refractivity contribution is 5.79. The summed E-state index contributed by atoms with van der Waals surface area (Å²) in [6.45, 7) is 1.82. The van der Waals surface area contributed by atoms with Crippen molar-refractivity contribution >= 4 is 12.0 Å². The van der Waals surface area contributed by atoms with Crippen molar-refractivity contribution in [2.24, 2.45) is 0 Å². The van der Waals surface area contributed by atoms with Crippen molar-refractivity contribution in [2.75, 3.05) is 39.6 Å². The molecule has 1 aromatic carbocycles. The maximum Gasteiger partial charge on any atom is 0.410 e. The minimum Gasteiger partial charge on any atom is -0.490 e. The number of rotatable bonds is 0. The van der Waals surface area contributed by atoms with Crippen molar-refractivity contribution in [3.05, 3.63) is 29.8 Å². The number of piperidine rings is 1. The zero-order valence-corrected chi connectivity index (χ0v) is 18.4. The number of amides is 2. The fraction of sp³-hybridized carbons (Fsp3) is 0.667. The first-order chi connectivity index (χ1) is 15.6. The van der Waals surface area contributed by atoms with Crippen LogP contribution in [0.15, 0.2) is 24.3 Å². The van der Waals surface area contributed by atoms with Crippen molar-refractivity contribution in [3.8, 4) is 5.75 Å². The molecular weight excluding hydrogens is 412 g/mol. The van der Waals surface area contributed by atoms with Gasteiger partial charge in [0.15, 0.2) is 0 Å². The average molecular weight is 445 g/mol. The first-order valence-corrected chi connectivity index (χ1v) is 11.8. The molecule has 8 nitrogen and oxygen atoms in total. The number of benzene rings is 1. The number of morpholine rings is 1. The van der Waals surface area contributed by atoms with E-state index in [4.69, 9.17) is 18.9 Å². The number of fused-ring (bicyclic) bond motifs is 7. The maximum absolute atomic E-state index is 13.0. The van der Waals surface area contributed by atoms with Crippen LogP contribution in [0.25, 0.3) is 0 Å². The van der Waals surface area contributed by atoms with Gasteiger partial charge in [0.2, 0.25) is 5.91 Å². The van der Waals surface area contributed by atoms with Crippen molar-refractivity contribution in [1.82, 2.24) is 10.2 Å². The Morgan fingerprint density at radius 2 is 1.91 bits per heavy atom. The second-order valence-electron chi connectivity index (χ2n) is 9.35. The summed E-state index contributed by atoms with van der Waals surface area (Å²) in [6.07, 6.45) is 5.35. The van der Waals surface area contributed by atoms with Crippen LogP contribution < -0.4 is 10.1 Å². The highest BCUT2D eigenvalue weighted by atomic mass is 16.6. The van der Waals surface area contributed by atoms with Crippen LogP contribution in [0.1, 0.15) is 50.0 Å². The van der Waals surface area contributed by atoms with Crippen LogP contribution >= 0.6 is 0 Å². The van der Waals surface area contributed by atoms with Gasteiger partial charge in [0.1, 0.15) is 25.6 Å². The first-order valence-electron chi connectivity index (χ1n) is 11.8. The Kier molecular flexibility index (Phi) is 6.24. The zero-order valence-electron chi connectivity index (χ0n) is 18.4. The summed E-state index contributed by atoms with van der Waals surface area (Å²) in [4.78, 5) is 26.9. The van der Waals surface area contributed by atoms with Gasteiger partial charge in [-0.15, -0.1) is 0 Å². The Hall–Kier alpha value is -2.32. The van der Waals surface area contributed by atoms with Crippen LogP contribution in [0, 0.1) is 0 Å². The summed E-state index contributed by atoms with van der Waals surface area (Å²) in [5.74, 6) is 1.17. The maximum atomic E-state index is 13.0. The molecule has 1 N–H and O–H groups in total. The Labute approximate surface area is 188 Å². The van der Waals surface area contributed by atoms with Gasteiger partial charge in [-0.1, -0.05) is 12.1 Å². The third-order valence-electron chi connectivity index (χ3n) is 7.32. The van der Waals surface area contributed by atoms with Crippen LogP contribution in [0.4, 0.5) is 4.79 Å². The lowest BCUT2D eigenvalue weighted by Gasteiger charge is -2.51. The molecule has 0 radical (unpaired) electrons. The van der Waals surface area contributed by atoms with Crippen LogP contribution in [-0.2, 0) is 19.0 Å². The molecule has 6 rings (SSSR count). The SMILES string of the molecule is O=C1COC[C@@]2(CCCN3C(=O)OCCOc4cccc(c4)[C@H]4CC[C@H](CC4)OC[C@H]32)N1. The van der Waals surface area contributed by atoms with Gasteiger partial charge in [-0.3, -0.25) is 4.79 Å². The summed E-state index contributed by atoms with van der Waals surface area (Å²) >= 11 is 0. The molecule has 0 aromatic heterocycles. The van der Waals surface area contributed by atoms with Gasteiger partial charge in [-0.25, -0.2) is 4.79 Å². The Morgan fingerprint density at radius 1 is 1.06 bits per heavy atom. The van der Waals surface area contributed by atoms with E-state index >= 15 is 0 Å². The summed E-state index contributed by atoms with van der Waals surface area (Å²) in [5.41, 5.74) is 0.660. The van der Waals surface area contributed by atoms with E-state index in [1.165, 1.54) is 5.56 Å². The van der Waals surface area contributed by atoms with Crippen molar-refractivity contribution in [3.63, 3.8) is 0 Å². The molecule has 5 aliphatic rings. The van der Waals surface area contributed by atoms with Crippen LogP contribution in [-0.4, -0.2) is 74.2 Å². The summed E-state index contributed by atoms with van der Waals surface area (Å²) in [6, 6.07) is 7.92. The predicted molar refractivity (Wildman–Crippen MR) is 116 cm³/mol. The van der Waals surface area contributed by atoms with E-state index in [1.54, 1.807) is 4.90 Å². The van der Waals surface area contributed by atoms with E-state index in [-0.39, 0.29) is 31.3 Å². The van der Waals surface area contributed by atoms with Gasteiger partial charge in [-0.2, -0.15) is 0 Å². The lowest BCUT2D eigenvalue weighted by atomic mass is 9.80. The van der Waals surface area contributed by atoms with Gasteiger partial charge < -0.3 is 29.2 Å². The van der Waals surface area contributed by atoms with E-state index in [1.807, 2.05) is 12.1 Å². The molecule has 8 heteroatoms. The number of carbonyl (C=O) groups is 2. The Morgan fingerprint density at radius 3 is 2.75 bits per heavy atom. The molecule has 32 heavy (non-hydrogen) atoms. The monoisotopic (exact) mass is 444 g/mol. The molecule has 1 saturated carbocycles. The Balaban J connectivity index is 1.38. The Bertz CT molecular complexity index is 836. The molecule has 3 fully saturated rings. The smallest absolute Gasteiger partial charge is 0.410 e. The minimum atomic E-state index is -0.636. The van der Waals surface area contributed by atoms with Gasteiger partial charge in [0.05, 0.1) is 30.9 Å². The lowest BCUT2D eigenvalue weighted by molar-refractivity contribution is -0.144. The highest BCUT2D eigenvalue weighted by Gasteiger charge is 2.50. The summed E-state index contributed by atoms with van der Waals surface area (Å²) in [7, 11) is 0. The molecule has 4 heterocycles. The topological polar surface area (TPSA) is 86.3 Å². The molecule has 1 aliphatic carbocycles. The van der Waals surface area contributed by atoms with E-state index in [9.17, 15) is 9.59 Å². The molecule has 2 atom stereocenters. The fourth-order valence-electron chi connectivity index (χ4n) is 5.66. The van der Waals surface area contributed by atoms with Crippen molar-refractivity contribution in [1.29, 1.82) is 0 Å². The predicted octanol–water partition coefficient (Wildman–Crippen LogP) is 2.61. The molecular formula is C24H32N2O6. The van der Waals surface area contributed by atoms with Gasteiger partial charge in [0, 0.05) is 6.54 Å². The molecule has 2 saturated heterocycles. The molecule has 1 aromatic rings. The van der Waals surface area contributed by atoms with Gasteiger partial charge >= 0.3 is 6.09 Å². The third-order valence-corrected chi connectivity index (χ3v) is 7.32.